The summed E-state index contributed by atoms with van der Waals surface area (Å²) in [6.45, 7) is 0. The van der Waals surface area contributed by atoms with Gasteiger partial charge in [-0.2, -0.15) is 0 Å². The minimum absolute atomic E-state index is 0.101. The lowest BCUT2D eigenvalue weighted by molar-refractivity contribution is 0.141. The minimum atomic E-state index is -2.88. The molecule has 0 aliphatic carbocycles. The summed E-state index contributed by atoms with van der Waals surface area (Å²) in [5.74, 6) is 0.371. The van der Waals surface area contributed by atoms with Gasteiger partial charge < -0.3 is 4.74 Å². The van der Waals surface area contributed by atoms with Gasteiger partial charge in [-0.1, -0.05) is 0 Å². The number of halogens is 4. The molecule has 1 heterocycles. The van der Waals surface area contributed by atoms with E-state index in [1.807, 2.05) is 0 Å². The molecule has 0 radical (unpaired) electrons. The average molecular weight is 259 g/mol. The fourth-order valence-electron chi connectivity index (χ4n) is 1.67. The van der Waals surface area contributed by atoms with Gasteiger partial charge in [0.2, 0.25) is 0 Å². The molecule has 0 N–H and O–H groups in total. The highest BCUT2D eigenvalue weighted by Gasteiger charge is 2.18. The maximum Gasteiger partial charge on any atom is 0.280 e. The summed E-state index contributed by atoms with van der Waals surface area (Å²) in [4.78, 5) is 3.65. The number of hydrogen-bond donors (Lipinski definition) is 0. The number of nitrogens with zero attached hydrogens (tertiary/aromatic N) is 1. The van der Waals surface area contributed by atoms with E-state index in [0.29, 0.717) is 5.75 Å². The fraction of sp³-hybridized carbons (Fsp3) is 0.250. The van der Waals surface area contributed by atoms with Gasteiger partial charge in [-0.3, -0.25) is 0 Å². The van der Waals surface area contributed by atoms with Crippen molar-refractivity contribution in [2.45, 2.75) is 12.9 Å². The van der Waals surface area contributed by atoms with Crippen molar-refractivity contribution in [3.05, 3.63) is 35.5 Å². The van der Waals surface area contributed by atoms with Gasteiger partial charge >= 0.3 is 0 Å². The van der Waals surface area contributed by atoms with Crippen LogP contribution in [0.3, 0.4) is 0 Å². The Balaban J connectivity index is 2.73. The van der Waals surface area contributed by atoms with E-state index >= 15 is 0 Å². The highest BCUT2D eigenvalue weighted by atomic mass is 19.3. The van der Waals surface area contributed by atoms with E-state index in [1.165, 1.54) is 25.3 Å². The third kappa shape index (κ3) is 2.23. The SMILES string of the molecule is COc1ccc2nc(C(F)F)cc(C(F)F)c2c1. The molecule has 0 aliphatic heterocycles. The number of benzene rings is 1. The van der Waals surface area contributed by atoms with Crippen LogP contribution >= 0.6 is 0 Å². The lowest BCUT2D eigenvalue weighted by Gasteiger charge is -2.09. The Labute approximate surface area is 100 Å². The van der Waals surface area contributed by atoms with Crippen LogP contribution in [0.2, 0.25) is 0 Å². The standard InChI is InChI=1S/C12H9F4NO/c1-18-6-2-3-9-7(4-6)8(11(13)14)5-10(17-9)12(15)16/h2-5,11-12H,1H3. The van der Waals surface area contributed by atoms with Crippen LogP contribution in [0.1, 0.15) is 24.1 Å². The highest BCUT2D eigenvalue weighted by molar-refractivity contribution is 5.84. The number of alkyl halides is 4. The van der Waals surface area contributed by atoms with Crippen LogP contribution in [-0.2, 0) is 0 Å². The van der Waals surface area contributed by atoms with E-state index < -0.39 is 24.1 Å². The first kappa shape index (κ1) is 12.6. The van der Waals surface area contributed by atoms with Crippen molar-refractivity contribution in [3.8, 4) is 5.75 Å². The maximum atomic E-state index is 12.9. The normalized spacial score (nSPS) is 11.5. The van der Waals surface area contributed by atoms with Crippen molar-refractivity contribution >= 4 is 10.9 Å². The fourth-order valence-corrected chi connectivity index (χ4v) is 1.67. The van der Waals surface area contributed by atoms with Gasteiger partial charge in [0.05, 0.1) is 12.6 Å². The molecule has 2 aromatic rings. The Morgan fingerprint density at radius 1 is 1.06 bits per heavy atom. The first-order valence-electron chi connectivity index (χ1n) is 5.08. The van der Waals surface area contributed by atoms with Crippen LogP contribution < -0.4 is 4.74 Å². The Hall–Kier alpha value is -1.85. The van der Waals surface area contributed by atoms with Crippen LogP contribution in [-0.4, -0.2) is 12.1 Å². The summed E-state index contributed by atoms with van der Waals surface area (Å²) in [6.07, 6.45) is -5.73. The molecule has 6 heteroatoms. The maximum absolute atomic E-state index is 12.9. The van der Waals surface area contributed by atoms with E-state index in [1.54, 1.807) is 0 Å². The highest BCUT2D eigenvalue weighted by Crippen LogP contribution is 2.32. The molecule has 1 aromatic heterocycles. The molecule has 0 saturated heterocycles. The molecule has 0 atom stereocenters. The number of fused-ring (bicyclic) bond motifs is 1. The van der Waals surface area contributed by atoms with Crippen molar-refractivity contribution in [3.63, 3.8) is 0 Å². The van der Waals surface area contributed by atoms with Crippen molar-refractivity contribution in [1.82, 2.24) is 4.98 Å². The largest absolute Gasteiger partial charge is 0.497 e. The molecule has 0 amide bonds. The molecule has 18 heavy (non-hydrogen) atoms. The molecule has 0 spiro atoms. The first-order chi connectivity index (χ1) is 8.52. The van der Waals surface area contributed by atoms with Crippen LogP contribution in [0.15, 0.2) is 24.3 Å². The molecule has 2 rings (SSSR count). The molecule has 0 fully saturated rings. The van der Waals surface area contributed by atoms with Gasteiger partial charge in [0.25, 0.3) is 12.9 Å². The lowest BCUT2D eigenvalue weighted by atomic mass is 10.1. The minimum Gasteiger partial charge on any atom is -0.497 e. The number of pyridine rings is 1. The van der Waals surface area contributed by atoms with Crippen LogP contribution in [0, 0.1) is 0 Å². The second-order valence-corrected chi connectivity index (χ2v) is 3.62. The molecule has 2 nitrogen and oxygen atoms in total. The van der Waals surface area contributed by atoms with E-state index in [2.05, 4.69) is 4.98 Å². The van der Waals surface area contributed by atoms with Gasteiger partial charge in [0, 0.05) is 10.9 Å². The number of methoxy groups -OCH3 is 1. The topological polar surface area (TPSA) is 22.1 Å². The first-order valence-corrected chi connectivity index (χ1v) is 5.08. The van der Waals surface area contributed by atoms with Gasteiger partial charge in [-0.15, -0.1) is 0 Å². The van der Waals surface area contributed by atoms with Gasteiger partial charge in [-0.25, -0.2) is 22.5 Å². The molecule has 0 unspecified atom stereocenters. The zero-order valence-electron chi connectivity index (χ0n) is 9.33. The third-order valence-corrected chi connectivity index (χ3v) is 2.53. The Morgan fingerprint density at radius 2 is 1.78 bits per heavy atom. The van der Waals surface area contributed by atoms with Gasteiger partial charge in [-0.05, 0) is 24.3 Å². The Kier molecular flexibility index (Phi) is 3.36. The second kappa shape index (κ2) is 4.80. The smallest absolute Gasteiger partial charge is 0.280 e. The zero-order valence-corrected chi connectivity index (χ0v) is 9.33. The molecule has 96 valence electrons. The van der Waals surface area contributed by atoms with E-state index in [-0.39, 0.29) is 10.9 Å². The predicted molar refractivity (Wildman–Crippen MR) is 58.2 cm³/mol. The van der Waals surface area contributed by atoms with Crippen LogP contribution in [0.25, 0.3) is 10.9 Å². The van der Waals surface area contributed by atoms with E-state index in [9.17, 15) is 17.6 Å². The molecular weight excluding hydrogens is 250 g/mol. The lowest BCUT2D eigenvalue weighted by Crippen LogP contribution is -1.97. The summed E-state index contributed by atoms with van der Waals surface area (Å²) in [7, 11) is 1.39. The van der Waals surface area contributed by atoms with Crippen LogP contribution in [0.4, 0.5) is 17.6 Å². The van der Waals surface area contributed by atoms with Crippen LogP contribution in [0.5, 0.6) is 5.75 Å². The predicted octanol–water partition coefficient (Wildman–Crippen LogP) is 4.12. The van der Waals surface area contributed by atoms with E-state index in [0.717, 1.165) is 6.07 Å². The van der Waals surface area contributed by atoms with Crippen molar-refractivity contribution in [1.29, 1.82) is 0 Å². The second-order valence-electron chi connectivity index (χ2n) is 3.62. The number of ether oxygens (including phenoxy) is 1. The third-order valence-electron chi connectivity index (χ3n) is 2.53. The number of hydrogen-bond acceptors (Lipinski definition) is 2. The van der Waals surface area contributed by atoms with Crippen molar-refractivity contribution in [2.75, 3.05) is 7.11 Å². The van der Waals surface area contributed by atoms with Gasteiger partial charge in [0.1, 0.15) is 11.4 Å². The van der Waals surface area contributed by atoms with E-state index in [4.69, 9.17) is 4.74 Å². The number of rotatable bonds is 3. The molecular formula is C12H9F4NO. The zero-order chi connectivity index (χ0) is 13.3. The summed E-state index contributed by atoms with van der Waals surface area (Å²) in [5, 5.41) is 0.119. The summed E-state index contributed by atoms with van der Waals surface area (Å²) in [6, 6.07) is 4.96. The monoisotopic (exact) mass is 259 g/mol. The quantitative estimate of drug-likeness (QED) is 0.773. The Morgan fingerprint density at radius 3 is 2.33 bits per heavy atom. The van der Waals surface area contributed by atoms with Crippen molar-refractivity contribution in [2.24, 2.45) is 0 Å². The summed E-state index contributed by atoms with van der Waals surface area (Å²) >= 11 is 0. The van der Waals surface area contributed by atoms with Gasteiger partial charge in [0.15, 0.2) is 0 Å². The molecule has 1 aromatic carbocycles. The Bertz CT molecular complexity index is 571. The average Bonchev–Trinajstić information content (AvgIpc) is 2.36. The summed E-state index contributed by atoms with van der Waals surface area (Å²) in [5.41, 5.74) is -1.01. The van der Waals surface area contributed by atoms with Crippen molar-refractivity contribution < 1.29 is 22.3 Å². The molecule has 0 aliphatic rings. The molecule has 0 saturated carbocycles. The number of aromatic nitrogens is 1. The summed E-state index contributed by atoms with van der Waals surface area (Å²) < 4.78 is 55.7. The molecule has 0 bridgehead atoms.